The fourth-order valence-electron chi connectivity index (χ4n) is 4.94. The molecule has 1 fully saturated rings. The number of hydrogen-bond acceptors (Lipinski definition) is 4. The molecular weight excluding hydrogens is 412 g/mol. The first-order valence-corrected chi connectivity index (χ1v) is 11.9. The number of amides is 1. The quantitative estimate of drug-likeness (QED) is 0.610. The summed E-state index contributed by atoms with van der Waals surface area (Å²) in [6.07, 6.45) is 1.92. The largest absolute Gasteiger partial charge is 0.452 e. The van der Waals surface area contributed by atoms with Crippen LogP contribution in [0.4, 0.5) is 0 Å². The Morgan fingerprint density at radius 1 is 0.939 bits per heavy atom. The van der Waals surface area contributed by atoms with Gasteiger partial charge in [-0.25, -0.2) is 0 Å². The first-order chi connectivity index (χ1) is 16.2. The van der Waals surface area contributed by atoms with E-state index in [1.54, 1.807) is 0 Å². The predicted molar refractivity (Wildman–Crippen MR) is 129 cm³/mol. The SMILES string of the molecule is O=C(OC(Cc1ccc2ccccc2c1)C(=O)N1CCc2ccccc2C1)C1CCNCC1. The van der Waals surface area contributed by atoms with Crippen molar-refractivity contribution in [3.05, 3.63) is 83.4 Å². The number of benzene rings is 3. The van der Waals surface area contributed by atoms with Crippen LogP contribution >= 0.6 is 0 Å². The molecule has 1 saturated heterocycles. The molecule has 3 aromatic rings. The summed E-state index contributed by atoms with van der Waals surface area (Å²) >= 11 is 0. The van der Waals surface area contributed by atoms with E-state index in [-0.39, 0.29) is 17.8 Å². The van der Waals surface area contributed by atoms with Crippen LogP contribution in [0, 0.1) is 5.92 Å². The van der Waals surface area contributed by atoms with Gasteiger partial charge in [0, 0.05) is 19.5 Å². The van der Waals surface area contributed by atoms with E-state index in [0.717, 1.165) is 48.7 Å². The van der Waals surface area contributed by atoms with Crippen molar-refractivity contribution in [3.8, 4) is 0 Å². The van der Waals surface area contributed by atoms with E-state index in [1.165, 1.54) is 11.1 Å². The van der Waals surface area contributed by atoms with E-state index in [4.69, 9.17) is 4.74 Å². The smallest absolute Gasteiger partial charge is 0.309 e. The lowest BCUT2D eigenvalue weighted by Gasteiger charge is -2.32. The zero-order chi connectivity index (χ0) is 22.6. The van der Waals surface area contributed by atoms with Gasteiger partial charge in [-0.2, -0.15) is 0 Å². The lowest BCUT2D eigenvalue weighted by molar-refractivity contribution is -0.164. The van der Waals surface area contributed by atoms with E-state index >= 15 is 0 Å². The molecule has 2 heterocycles. The van der Waals surface area contributed by atoms with E-state index in [9.17, 15) is 9.59 Å². The van der Waals surface area contributed by atoms with Crippen molar-refractivity contribution in [2.24, 2.45) is 5.92 Å². The molecule has 33 heavy (non-hydrogen) atoms. The van der Waals surface area contributed by atoms with Gasteiger partial charge in [0.1, 0.15) is 0 Å². The molecule has 2 aliphatic heterocycles. The molecule has 170 valence electrons. The van der Waals surface area contributed by atoms with Crippen molar-refractivity contribution in [1.82, 2.24) is 10.2 Å². The second kappa shape index (κ2) is 9.75. The number of hydrogen-bond donors (Lipinski definition) is 1. The number of rotatable bonds is 5. The first-order valence-electron chi connectivity index (χ1n) is 11.9. The van der Waals surface area contributed by atoms with Crippen molar-refractivity contribution < 1.29 is 14.3 Å². The van der Waals surface area contributed by atoms with Gasteiger partial charge in [0.15, 0.2) is 6.10 Å². The number of ether oxygens (including phenoxy) is 1. The van der Waals surface area contributed by atoms with Crippen LogP contribution in [0.1, 0.15) is 29.5 Å². The van der Waals surface area contributed by atoms with Gasteiger partial charge in [0.05, 0.1) is 5.92 Å². The molecule has 5 rings (SSSR count). The molecule has 3 aromatic carbocycles. The Labute approximate surface area is 194 Å². The standard InChI is InChI=1S/C28H30N2O3/c31-27(30-16-13-22-6-2-4-8-25(22)19-30)26(33-28(32)23-11-14-29-15-12-23)18-20-9-10-21-5-1-3-7-24(21)17-20/h1-10,17,23,26,29H,11-16,18-19H2. The minimum Gasteiger partial charge on any atom is -0.452 e. The number of esters is 1. The molecule has 0 aliphatic carbocycles. The van der Waals surface area contributed by atoms with E-state index in [2.05, 4.69) is 41.7 Å². The third kappa shape index (κ3) is 4.93. The highest BCUT2D eigenvalue weighted by molar-refractivity contribution is 5.86. The van der Waals surface area contributed by atoms with E-state index in [0.29, 0.717) is 19.5 Å². The van der Waals surface area contributed by atoms with Crippen LogP contribution in [0.3, 0.4) is 0 Å². The first kappa shape index (κ1) is 21.7. The van der Waals surface area contributed by atoms with Crippen molar-refractivity contribution >= 4 is 22.6 Å². The highest BCUT2D eigenvalue weighted by Gasteiger charge is 2.33. The number of carbonyl (C=O) groups is 2. The Bertz CT molecular complexity index is 1150. The van der Waals surface area contributed by atoms with Crippen molar-refractivity contribution in [2.45, 2.75) is 38.3 Å². The maximum atomic E-state index is 13.6. The Hall–Kier alpha value is -3.18. The maximum Gasteiger partial charge on any atom is 0.309 e. The van der Waals surface area contributed by atoms with Crippen LogP contribution in [0.25, 0.3) is 10.8 Å². The molecule has 0 aromatic heterocycles. The summed E-state index contributed by atoms with van der Waals surface area (Å²) in [7, 11) is 0. The zero-order valence-corrected chi connectivity index (χ0v) is 18.8. The van der Waals surface area contributed by atoms with Crippen molar-refractivity contribution in [3.63, 3.8) is 0 Å². The summed E-state index contributed by atoms with van der Waals surface area (Å²) in [5, 5.41) is 5.56. The van der Waals surface area contributed by atoms with Crippen LogP contribution in [0.15, 0.2) is 66.7 Å². The monoisotopic (exact) mass is 442 g/mol. The lowest BCUT2D eigenvalue weighted by Crippen LogP contribution is -2.45. The molecule has 1 amide bonds. The molecule has 2 aliphatic rings. The van der Waals surface area contributed by atoms with E-state index < -0.39 is 6.10 Å². The molecule has 0 radical (unpaired) electrons. The Kier molecular flexibility index (Phi) is 6.40. The predicted octanol–water partition coefficient (Wildman–Crippen LogP) is 3.88. The van der Waals surface area contributed by atoms with E-state index in [1.807, 2.05) is 35.2 Å². The van der Waals surface area contributed by atoms with Crippen LogP contribution in [-0.4, -0.2) is 42.5 Å². The van der Waals surface area contributed by atoms with Gasteiger partial charge in [-0.3, -0.25) is 9.59 Å². The van der Waals surface area contributed by atoms with Gasteiger partial charge in [-0.1, -0.05) is 66.7 Å². The molecule has 5 heteroatoms. The summed E-state index contributed by atoms with van der Waals surface area (Å²) in [4.78, 5) is 28.5. The average molecular weight is 443 g/mol. The highest BCUT2D eigenvalue weighted by atomic mass is 16.5. The third-order valence-electron chi connectivity index (χ3n) is 6.88. The summed E-state index contributed by atoms with van der Waals surface area (Å²) in [6, 6.07) is 22.6. The fraction of sp³-hybridized carbons (Fsp3) is 0.357. The fourth-order valence-corrected chi connectivity index (χ4v) is 4.94. The molecule has 0 spiro atoms. The van der Waals surface area contributed by atoms with Gasteiger partial charge in [-0.05, 0) is 59.8 Å². The summed E-state index contributed by atoms with van der Waals surface area (Å²) in [6.45, 7) is 2.83. The zero-order valence-electron chi connectivity index (χ0n) is 18.8. The highest BCUT2D eigenvalue weighted by Crippen LogP contribution is 2.23. The molecule has 5 nitrogen and oxygen atoms in total. The van der Waals surface area contributed by atoms with Gasteiger partial charge in [-0.15, -0.1) is 0 Å². The molecular formula is C28H30N2O3. The maximum absolute atomic E-state index is 13.6. The number of nitrogens with one attached hydrogen (secondary N) is 1. The van der Waals surface area contributed by atoms with Gasteiger partial charge >= 0.3 is 5.97 Å². The molecule has 1 atom stereocenters. The molecule has 0 bridgehead atoms. The average Bonchev–Trinajstić information content (AvgIpc) is 2.88. The van der Waals surface area contributed by atoms with Crippen molar-refractivity contribution in [1.29, 1.82) is 0 Å². The summed E-state index contributed by atoms with van der Waals surface area (Å²) < 4.78 is 5.95. The number of nitrogens with zero attached hydrogens (tertiary/aromatic N) is 1. The second-order valence-electron chi connectivity index (χ2n) is 9.11. The molecule has 0 saturated carbocycles. The normalized spacial score (nSPS) is 17.4. The van der Waals surface area contributed by atoms with Gasteiger partial charge < -0.3 is 15.0 Å². The topological polar surface area (TPSA) is 58.6 Å². The van der Waals surface area contributed by atoms with Crippen LogP contribution in [0.2, 0.25) is 0 Å². The summed E-state index contributed by atoms with van der Waals surface area (Å²) in [5.74, 6) is -0.478. The van der Waals surface area contributed by atoms with Gasteiger partial charge in [0.2, 0.25) is 0 Å². The number of carbonyl (C=O) groups excluding carboxylic acids is 2. The molecule has 1 unspecified atom stereocenters. The Balaban J connectivity index is 1.37. The number of fused-ring (bicyclic) bond motifs is 2. The van der Waals surface area contributed by atoms with Crippen LogP contribution < -0.4 is 5.32 Å². The van der Waals surface area contributed by atoms with Crippen LogP contribution in [-0.2, 0) is 33.7 Å². The Morgan fingerprint density at radius 3 is 2.48 bits per heavy atom. The minimum absolute atomic E-state index is 0.0973. The minimum atomic E-state index is -0.807. The van der Waals surface area contributed by atoms with Crippen LogP contribution in [0.5, 0.6) is 0 Å². The van der Waals surface area contributed by atoms with Crippen molar-refractivity contribution in [2.75, 3.05) is 19.6 Å². The summed E-state index contributed by atoms with van der Waals surface area (Å²) in [5.41, 5.74) is 3.47. The lowest BCUT2D eigenvalue weighted by atomic mass is 9.97. The number of piperidine rings is 1. The second-order valence-corrected chi connectivity index (χ2v) is 9.11. The van der Waals surface area contributed by atoms with Gasteiger partial charge in [0.25, 0.3) is 5.91 Å². The third-order valence-corrected chi connectivity index (χ3v) is 6.88. The molecule has 1 N–H and O–H groups in total. The Morgan fingerprint density at radius 2 is 1.67 bits per heavy atom.